The number of nitrogens with one attached hydrogen (secondary N) is 2. The molecule has 1 unspecified atom stereocenters. The molecule has 24 heavy (non-hydrogen) atoms. The SMILES string of the molecule is CC(Oc1ccc2c(c1)CCCNC2=O)C(=O)Nc1ccccc1. The maximum atomic E-state index is 12.2. The lowest BCUT2D eigenvalue weighted by molar-refractivity contribution is -0.122. The van der Waals surface area contributed by atoms with Crippen LogP contribution in [0.15, 0.2) is 48.5 Å². The molecule has 2 amide bonds. The minimum atomic E-state index is -0.636. The average molecular weight is 324 g/mol. The second-order valence-corrected chi connectivity index (χ2v) is 5.79. The molecule has 1 atom stereocenters. The molecular formula is C19H20N2O3. The highest BCUT2D eigenvalue weighted by molar-refractivity contribution is 5.96. The molecule has 0 fully saturated rings. The summed E-state index contributed by atoms with van der Waals surface area (Å²) in [6.45, 7) is 2.39. The van der Waals surface area contributed by atoms with Gasteiger partial charge in [0.1, 0.15) is 5.75 Å². The number of para-hydroxylation sites is 1. The van der Waals surface area contributed by atoms with Crippen molar-refractivity contribution >= 4 is 17.5 Å². The van der Waals surface area contributed by atoms with Crippen molar-refractivity contribution in [1.29, 1.82) is 0 Å². The van der Waals surface area contributed by atoms with Gasteiger partial charge in [-0.1, -0.05) is 18.2 Å². The fraction of sp³-hybridized carbons (Fsp3) is 0.263. The van der Waals surface area contributed by atoms with Crippen LogP contribution in [0.1, 0.15) is 29.3 Å². The molecule has 0 aliphatic carbocycles. The van der Waals surface area contributed by atoms with E-state index in [1.54, 1.807) is 19.1 Å². The van der Waals surface area contributed by atoms with E-state index in [0.29, 0.717) is 17.9 Å². The van der Waals surface area contributed by atoms with Crippen LogP contribution in [-0.4, -0.2) is 24.5 Å². The number of amides is 2. The van der Waals surface area contributed by atoms with Crippen LogP contribution in [-0.2, 0) is 11.2 Å². The Morgan fingerprint density at radius 1 is 1.21 bits per heavy atom. The first-order valence-corrected chi connectivity index (χ1v) is 8.07. The summed E-state index contributed by atoms with van der Waals surface area (Å²) in [6, 6.07) is 14.6. The van der Waals surface area contributed by atoms with Crippen molar-refractivity contribution in [1.82, 2.24) is 5.32 Å². The summed E-state index contributed by atoms with van der Waals surface area (Å²) >= 11 is 0. The monoisotopic (exact) mass is 324 g/mol. The van der Waals surface area contributed by atoms with Crippen molar-refractivity contribution in [2.45, 2.75) is 25.9 Å². The molecule has 0 spiro atoms. The van der Waals surface area contributed by atoms with E-state index < -0.39 is 6.10 Å². The lowest BCUT2D eigenvalue weighted by Crippen LogP contribution is -2.30. The Balaban J connectivity index is 1.68. The minimum Gasteiger partial charge on any atom is -0.481 e. The highest BCUT2D eigenvalue weighted by Crippen LogP contribution is 2.22. The first-order chi connectivity index (χ1) is 11.6. The van der Waals surface area contributed by atoms with E-state index in [4.69, 9.17) is 4.74 Å². The molecule has 0 radical (unpaired) electrons. The zero-order valence-electron chi connectivity index (χ0n) is 13.5. The Labute approximate surface area is 141 Å². The van der Waals surface area contributed by atoms with Crippen LogP contribution >= 0.6 is 0 Å². The van der Waals surface area contributed by atoms with E-state index >= 15 is 0 Å². The second-order valence-electron chi connectivity index (χ2n) is 5.79. The molecular weight excluding hydrogens is 304 g/mol. The van der Waals surface area contributed by atoms with Gasteiger partial charge in [0.25, 0.3) is 11.8 Å². The van der Waals surface area contributed by atoms with E-state index in [0.717, 1.165) is 24.1 Å². The predicted octanol–water partition coefficient (Wildman–Crippen LogP) is 2.77. The molecule has 5 nitrogen and oxygen atoms in total. The molecule has 0 saturated heterocycles. The molecule has 0 aromatic heterocycles. The molecule has 0 saturated carbocycles. The number of carbonyl (C=O) groups excluding carboxylic acids is 2. The van der Waals surface area contributed by atoms with Crippen molar-refractivity contribution in [3.8, 4) is 5.75 Å². The summed E-state index contributed by atoms with van der Waals surface area (Å²) in [7, 11) is 0. The van der Waals surface area contributed by atoms with Gasteiger partial charge in [0, 0.05) is 17.8 Å². The van der Waals surface area contributed by atoms with Gasteiger partial charge < -0.3 is 15.4 Å². The fourth-order valence-electron chi connectivity index (χ4n) is 2.67. The highest BCUT2D eigenvalue weighted by atomic mass is 16.5. The highest BCUT2D eigenvalue weighted by Gasteiger charge is 2.18. The van der Waals surface area contributed by atoms with Gasteiger partial charge in [-0.05, 0) is 55.7 Å². The van der Waals surface area contributed by atoms with Crippen molar-refractivity contribution < 1.29 is 14.3 Å². The molecule has 1 aliphatic rings. The summed E-state index contributed by atoms with van der Waals surface area (Å²) in [6.07, 6.45) is 1.07. The van der Waals surface area contributed by atoms with Gasteiger partial charge in [-0.3, -0.25) is 9.59 Å². The van der Waals surface area contributed by atoms with Crippen molar-refractivity contribution in [2.24, 2.45) is 0 Å². The van der Waals surface area contributed by atoms with Crippen LogP contribution in [0, 0.1) is 0 Å². The number of anilines is 1. The van der Waals surface area contributed by atoms with Gasteiger partial charge in [0.15, 0.2) is 6.10 Å². The number of rotatable bonds is 4. The molecule has 3 rings (SSSR count). The van der Waals surface area contributed by atoms with Gasteiger partial charge >= 0.3 is 0 Å². The lowest BCUT2D eigenvalue weighted by atomic mass is 10.0. The molecule has 1 heterocycles. The number of fused-ring (bicyclic) bond motifs is 1. The molecule has 2 aromatic carbocycles. The number of benzene rings is 2. The average Bonchev–Trinajstić information content (AvgIpc) is 2.77. The largest absolute Gasteiger partial charge is 0.481 e. The van der Waals surface area contributed by atoms with Crippen LogP contribution in [0.5, 0.6) is 5.75 Å². The molecule has 5 heteroatoms. The maximum Gasteiger partial charge on any atom is 0.265 e. The molecule has 1 aliphatic heterocycles. The normalized spacial score (nSPS) is 14.8. The zero-order valence-corrected chi connectivity index (χ0v) is 13.5. The number of hydrogen-bond acceptors (Lipinski definition) is 3. The minimum absolute atomic E-state index is 0.0519. The van der Waals surface area contributed by atoms with Crippen LogP contribution in [0.25, 0.3) is 0 Å². The first kappa shape index (κ1) is 16.1. The van der Waals surface area contributed by atoms with E-state index in [-0.39, 0.29) is 11.8 Å². The van der Waals surface area contributed by atoms with Crippen LogP contribution < -0.4 is 15.4 Å². The summed E-state index contributed by atoms with van der Waals surface area (Å²) in [5, 5.41) is 5.68. The maximum absolute atomic E-state index is 12.2. The third-order valence-electron chi connectivity index (χ3n) is 3.95. The Kier molecular flexibility index (Phi) is 4.79. The topological polar surface area (TPSA) is 67.4 Å². The number of aryl methyl sites for hydroxylation is 1. The summed E-state index contributed by atoms with van der Waals surface area (Å²) < 4.78 is 5.75. The van der Waals surface area contributed by atoms with Crippen molar-refractivity contribution in [3.05, 3.63) is 59.7 Å². The number of hydrogen-bond donors (Lipinski definition) is 2. The van der Waals surface area contributed by atoms with Gasteiger partial charge in [-0.2, -0.15) is 0 Å². The van der Waals surface area contributed by atoms with Crippen LogP contribution in [0.2, 0.25) is 0 Å². The molecule has 2 N–H and O–H groups in total. The van der Waals surface area contributed by atoms with E-state index in [1.807, 2.05) is 36.4 Å². The Morgan fingerprint density at radius 2 is 2.00 bits per heavy atom. The third-order valence-corrected chi connectivity index (χ3v) is 3.95. The van der Waals surface area contributed by atoms with Gasteiger partial charge in [0.2, 0.25) is 0 Å². The third kappa shape index (κ3) is 3.74. The van der Waals surface area contributed by atoms with Gasteiger partial charge in [-0.25, -0.2) is 0 Å². The summed E-state index contributed by atoms with van der Waals surface area (Å²) in [5.41, 5.74) is 2.37. The Morgan fingerprint density at radius 3 is 2.79 bits per heavy atom. The van der Waals surface area contributed by atoms with E-state index in [1.165, 1.54) is 0 Å². The molecule has 2 aromatic rings. The number of ether oxygens (including phenoxy) is 1. The summed E-state index contributed by atoms with van der Waals surface area (Å²) in [4.78, 5) is 24.1. The Hall–Kier alpha value is -2.82. The van der Waals surface area contributed by atoms with E-state index in [9.17, 15) is 9.59 Å². The van der Waals surface area contributed by atoms with E-state index in [2.05, 4.69) is 10.6 Å². The zero-order chi connectivity index (χ0) is 16.9. The van der Waals surface area contributed by atoms with Crippen LogP contribution in [0.3, 0.4) is 0 Å². The van der Waals surface area contributed by atoms with Crippen LogP contribution in [0.4, 0.5) is 5.69 Å². The van der Waals surface area contributed by atoms with Gasteiger partial charge in [0.05, 0.1) is 0 Å². The fourth-order valence-corrected chi connectivity index (χ4v) is 2.67. The first-order valence-electron chi connectivity index (χ1n) is 8.07. The van der Waals surface area contributed by atoms with Crippen molar-refractivity contribution in [2.75, 3.05) is 11.9 Å². The predicted molar refractivity (Wildman–Crippen MR) is 92.3 cm³/mol. The number of carbonyl (C=O) groups is 2. The van der Waals surface area contributed by atoms with Gasteiger partial charge in [-0.15, -0.1) is 0 Å². The quantitative estimate of drug-likeness (QED) is 0.909. The molecule has 124 valence electrons. The summed E-state index contributed by atoms with van der Waals surface area (Å²) in [5.74, 6) is 0.331. The van der Waals surface area contributed by atoms with Crippen molar-refractivity contribution in [3.63, 3.8) is 0 Å². The molecule has 0 bridgehead atoms. The lowest BCUT2D eigenvalue weighted by Gasteiger charge is -2.16. The second kappa shape index (κ2) is 7.17. The Bertz CT molecular complexity index is 744. The smallest absolute Gasteiger partial charge is 0.265 e. The standard InChI is InChI=1S/C19H20N2O3/c1-13(18(22)21-15-7-3-2-4-8-15)24-16-9-10-17-14(12-16)6-5-11-20-19(17)23/h2-4,7-10,12-13H,5-6,11H2,1H3,(H,20,23)(H,21,22).